The molecule has 1 aromatic carbocycles. The van der Waals surface area contributed by atoms with Crippen LogP contribution in [0.15, 0.2) is 29.4 Å². The fourth-order valence-corrected chi connectivity index (χ4v) is 4.74. The highest BCUT2D eigenvalue weighted by atomic mass is 32.2. The Morgan fingerprint density at radius 2 is 1.97 bits per heavy atom. The number of hydrogen-bond acceptors (Lipinski definition) is 8. The number of piperazine rings is 1. The summed E-state index contributed by atoms with van der Waals surface area (Å²) in [4.78, 5) is 10.3. The topological polar surface area (TPSA) is 108 Å². The van der Waals surface area contributed by atoms with Gasteiger partial charge in [-0.05, 0) is 13.1 Å². The summed E-state index contributed by atoms with van der Waals surface area (Å²) in [7, 11) is -1.94. The normalized spacial score (nSPS) is 15.7. The van der Waals surface area contributed by atoms with Gasteiger partial charge in [0.15, 0.2) is 16.8 Å². The van der Waals surface area contributed by atoms with Crippen LogP contribution in [-0.4, -0.2) is 79.1 Å². The second kappa shape index (κ2) is 10.5. The zero-order valence-corrected chi connectivity index (χ0v) is 18.4. The van der Waals surface area contributed by atoms with Gasteiger partial charge in [-0.15, -0.1) is 0 Å². The molecule has 2 N–H and O–H groups in total. The van der Waals surface area contributed by atoms with Crippen LogP contribution in [0.1, 0.15) is 5.56 Å². The van der Waals surface area contributed by atoms with Crippen LogP contribution in [0.2, 0.25) is 0 Å². The number of aromatic nitrogens is 2. The van der Waals surface area contributed by atoms with E-state index in [4.69, 9.17) is 9.84 Å². The minimum atomic E-state index is -3.85. The largest absolute Gasteiger partial charge is 0.475 e. The summed E-state index contributed by atoms with van der Waals surface area (Å²) >= 11 is 0.994. The predicted octanol–water partition coefficient (Wildman–Crippen LogP) is 1.32. The zero-order chi connectivity index (χ0) is 22.4. The smallest absolute Gasteiger partial charge is 0.302 e. The van der Waals surface area contributed by atoms with Crippen LogP contribution in [0.4, 0.5) is 14.6 Å². The SMILES string of the molecule is CN1CCN(S(=O)(=O)Nc2cc(OCCO)nc(SCc3cccc(F)c3F)n2)CC1. The predicted molar refractivity (Wildman–Crippen MR) is 112 cm³/mol. The molecule has 3 rings (SSSR count). The molecular weight excluding hydrogens is 452 g/mol. The van der Waals surface area contributed by atoms with Crippen molar-refractivity contribution < 1.29 is 27.0 Å². The van der Waals surface area contributed by atoms with Crippen molar-refractivity contribution in [3.63, 3.8) is 0 Å². The maximum absolute atomic E-state index is 13.9. The Bertz CT molecular complexity index is 1000. The summed E-state index contributed by atoms with van der Waals surface area (Å²) in [5.41, 5.74) is 0.120. The molecule has 1 aromatic heterocycles. The maximum Gasteiger partial charge on any atom is 0.302 e. The summed E-state index contributed by atoms with van der Waals surface area (Å²) in [6.45, 7) is 1.58. The second-order valence-corrected chi connectivity index (χ2v) is 9.37. The molecule has 0 saturated carbocycles. The van der Waals surface area contributed by atoms with Crippen molar-refractivity contribution in [3.8, 4) is 5.88 Å². The third-order valence-electron chi connectivity index (χ3n) is 4.45. The lowest BCUT2D eigenvalue weighted by molar-refractivity contribution is 0.195. The van der Waals surface area contributed by atoms with Crippen molar-refractivity contribution in [2.75, 3.05) is 51.2 Å². The Hall–Kier alpha value is -2.06. The van der Waals surface area contributed by atoms with Crippen LogP contribution in [0, 0.1) is 11.6 Å². The van der Waals surface area contributed by atoms with Crippen LogP contribution in [-0.2, 0) is 16.0 Å². The number of benzene rings is 1. The Morgan fingerprint density at radius 1 is 1.23 bits per heavy atom. The fourth-order valence-electron chi connectivity index (χ4n) is 2.77. The molecule has 2 aromatic rings. The molecule has 0 atom stereocenters. The number of nitrogens with one attached hydrogen (secondary N) is 1. The van der Waals surface area contributed by atoms with Gasteiger partial charge in [-0.25, -0.2) is 13.8 Å². The standard InChI is InChI=1S/C18H23F2N5O4S2/c1-24-5-7-25(8-6-24)31(27,28)23-15-11-16(29-10-9-26)22-18(21-15)30-12-13-3-2-4-14(19)17(13)20/h2-4,11,26H,5-10,12H2,1H3,(H,21,22,23). The van der Waals surface area contributed by atoms with Gasteiger partial charge < -0.3 is 14.7 Å². The minimum Gasteiger partial charge on any atom is -0.475 e. The van der Waals surface area contributed by atoms with E-state index in [0.29, 0.717) is 26.2 Å². The molecule has 0 radical (unpaired) electrons. The number of hydrogen-bond donors (Lipinski definition) is 2. The number of ether oxygens (including phenoxy) is 1. The van der Waals surface area contributed by atoms with E-state index < -0.39 is 21.8 Å². The monoisotopic (exact) mass is 475 g/mol. The number of aliphatic hydroxyl groups excluding tert-OH is 1. The zero-order valence-electron chi connectivity index (χ0n) is 16.8. The van der Waals surface area contributed by atoms with E-state index in [0.717, 1.165) is 17.8 Å². The van der Waals surface area contributed by atoms with Gasteiger partial charge in [0.2, 0.25) is 5.88 Å². The Labute approximate surface area is 183 Å². The second-order valence-electron chi connectivity index (χ2n) is 6.76. The number of aliphatic hydroxyl groups is 1. The molecule has 170 valence electrons. The van der Waals surface area contributed by atoms with Crippen LogP contribution >= 0.6 is 11.8 Å². The molecule has 0 unspecified atom stereocenters. The van der Waals surface area contributed by atoms with Gasteiger partial charge in [0.05, 0.1) is 6.61 Å². The highest BCUT2D eigenvalue weighted by Gasteiger charge is 2.26. The molecule has 1 aliphatic rings. The van der Waals surface area contributed by atoms with E-state index in [2.05, 4.69) is 14.7 Å². The molecule has 0 aliphatic carbocycles. The summed E-state index contributed by atoms with van der Waals surface area (Å²) < 4.78 is 61.8. The van der Waals surface area contributed by atoms with Gasteiger partial charge in [-0.1, -0.05) is 23.9 Å². The number of thioether (sulfide) groups is 1. The molecule has 1 fully saturated rings. The molecule has 2 heterocycles. The number of anilines is 1. The Balaban J connectivity index is 1.78. The van der Waals surface area contributed by atoms with Gasteiger partial charge in [0.25, 0.3) is 0 Å². The first-order valence-electron chi connectivity index (χ1n) is 9.43. The number of halogens is 2. The van der Waals surface area contributed by atoms with E-state index in [1.807, 2.05) is 11.9 Å². The molecule has 1 saturated heterocycles. The molecule has 9 nitrogen and oxygen atoms in total. The van der Waals surface area contributed by atoms with E-state index in [1.165, 1.54) is 22.5 Å². The molecule has 0 amide bonds. The molecule has 31 heavy (non-hydrogen) atoms. The van der Waals surface area contributed by atoms with Crippen LogP contribution in [0.25, 0.3) is 0 Å². The first kappa shape index (κ1) is 23.6. The van der Waals surface area contributed by atoms with Crippen LogP contribution in [0.3, 0.4) is 0 Å². The lowest BCUT2D eigenvalue weighted by Crippen LogP contribution is -2.48. The highest BCUT2D eigenvalue weighted by Crippen LogP contribution is 2.26. The van der Waals surface area contributed by atoms with Crippen LogP contribution < -0.4 is 9.46 Å². The number of likely N-dealkylation sites (N-methyl/N-ethyl adjacent to an activating group) is 1. The third kappa shape index (κ3) is 6.46. The average molecular weight is 476 g/mol. The van der Waals surface area contributed by atoms with Gasteiger partial charge in [0, 0.05) is 43.6 Å². The lowest BCUT2D eigenvalue weighted by Gasteiger charge is -2.31. The van der Waals surface area contributed by atoms with Crippen molar-refractivity contribution in [3.05, 3.63) is 41.5 Å². The molecule has 0 spiro atoms. The first-order valence-corrected chi connectivity index (χ1v) is 11.9. The molecular formula is C18H23F2N5O4S2. The van der Waals surface area contributed by atoms with E-state index in [1.54, 1.807) is 0 Å². The van der Waals surface area contributed by atoms with Gasteiger partial charge in [-0.2, -0.15) is 17.7 Å². The summed E-state index contributed by atoms with van der Waals surface area (Å²) in [6, 6.07) is 5.16. The van der Waals surface area contributed by atoms with E-state index in [9.17, 15) is 17.2 Å². The van der Waals surface area contributed by atoms with Gasteiger partial charge in [-0.3, -0.25) is 4.72 Å². The highest BCUT2D eigenvalue weighted by molar-refractivity contribution is 7.98. The maximum atomic E-state index is 13.9. The quantitative estimate of drug-likeness (QED) is 0.413. The molecule has 0 bridgehead atoms. The van der Waals surface area contributed by atoms with Crippen molar-refractivity contribution in [1.82, 2.24) is 19.2 Å². The average Bonchev–Trinajstić information content (AvgIpc) is 2.73. The summed E-state index contributed by atoms with van der Waals surface area (Å²) in [5.74, 6) is -1.87. The summed E-state index contributed by atoms with van der Waals surface area (Å²) in [5, 5.41) is 9.09. The fraction of sp³-hybridized carbons (Fsp3) is 0.444. The van der Waals surface area contributed by atoms with Crippen molar-refractivity contribution in [2.45, 2.75) is 10.9 Å². The molecule has 13 heteroatoms. The van der Waals surface area contributed by atoms with E-state index in [-0.39, 0.29) is 41.4 Å². The Morgan fingerprint density at radius 3 is 2.68 bits per heavy atom. The summed E-state index contributed by atoms with van der Waals surface area (Å²) in [6.07, 6.45) is 0. The lowest BCUT2D eigenvalue weighted by atomic mass is 10.2. The number of nitrogens with zero attached hydrogens (tertiary/aromatic N) is 4. The molecule has 1 aliphatic heterocycles. The minimum absolute atomic E-state index is 0.0240. The number of rotatable bonds is 9. The van der Waals surface area contributed by atoms with Crippen molar-refractivity contribution in [2.24, 2.45) is 0 Å². The Kier molecular flexibility index (Phi) is 8.00. The van der Waals surface area contributed by atoms with Gasteiger partial charge in [0.1, 0.15) is 12.4 Å². The van der Waals surface area contributed by atoms with Gasteiger partial charge >= 0.3 is 10.2 Å². The third-order valence-corrected chi connectivity index (χ3v) is 6.86. The van der Waals surface area contributed by atoms with E-state index >= 15 is 0 Å². The van der Waals surface area contributed by atoms with Crippen LogP contribution in [0.5, 0.6) is 5.88 Å². The van der Waals surface area contributed by atoms with Crippen molar-refractivity contribution in [1.29, 1.82) is 0 Å². The first-order chi connectivity index (χ1) is 14.8. The van der Waals surface area contributed by atoms with Crippen molar-refractivity contribution >= 4 is 27.8 Å².